The minimum absolute atomic E-state index is 0.269. The third-order valence-corrected chi connectivity index (χ3v) is 6.27. The van der Waals surface area contributed by atoms with E-state index in [0.717, 1.165) is 47.5 Å². The van der Waals surface area contributed by atoms with Crippen LogP contribution < -0.4 is 0 Å². The van der Waals surface area contributed by atoms with E-state index < -0.39 is 6.10 Å². The Bertz CT molecular complexity index is 1200. The molecule has 2 aliphatic rings. The predicted octanol–water partition coefficient (Wildman–Crippen LogP) is 4.26. The van der Waals surface area contributed by atoms with E-state index in [0.29, 0.717) is 11.7 Å². The zero-order valence-corrected chi connectivity index (χ0v) is 16.6. The summed E-state index contributed by atoms with van der Waals surface area (Å²) in [5.74, 6) is 2.23. The Morgan fingerprint density at radius 2 is 1.77 bits per heavy atom. The topological polar surface area (TPSA) is 76.7 Å². The van der Waals surface area contributed by atoms with Gasteiger partial charge < -0.3 is 9.67 Å². The van der Waals surface area contributed by atoms with Crippen LogP contribution in [0.5, 0.6) is 0 Å². The number of aromatic nitrogens is 5. The lowest BCUT2D eigenvalue weighted by atomic mass is 10.0. The van der Waals surface area contributed by atoms with Crippen LogP contribution in [0.4, 0.5) is 0 Å². The van der Waals surface area contributed by atoms with Crippen molar-refractivity contribution < 1.29 is 5.11 Å². The van der Waals surface area contributed by atoms with Gasteiger partial charge >= 0.3 is 0 Å². The molecule has 1 aliphatic carbocycles. The van der Waals surface area contributed by atoms with Gasteiger partial charge in [0.25, 0.3) is 0 Å². The average Bonchev–Trinajstić information content (AvgIpc) is 3.39. The second-order valence-corrected chi connectivity index (χ2v) is 8.43. The van der Waals surface area contributed by atoms with Gasteiger partial charge in [-0.15, -0.1) is 0 Å². The predicted molar refractivity (Wildman–Crippen MR) is 114 cm³/mol. The SMILES string of the molecule is OC(CC1CC1)c1ncc(-c2ccc3nc4n(c3n2)[C@@H](c2ccccc2)CC4)cn1. The number of fused-ring (bicyclic) bond motifs is 3. The van der Waals surface area contributed by atoms with Gasteiger partial charge in [-0.05, 0) is 36.5 Å². The van der Waals surface area contributed by atoms with E-state index in [1.165, 1.54) is 18.4 Å². The molecule has 0 saturated heterocycles. The van der Waals surface area contributed by atoms with Gasteiger partial charge in [-0.1, -0.05) is 43.2 Å². The van der Waals surface area contributed by atoms with Crippen molar-refractivity contribution in [3.8, 4) is 11.3 Å². The Morgan fingerprint density at radius 1 is 0.967 bits per heavy atom. The van der Waals surface area contributed by atoms with Gasteiger partial charge in [-0.3, -0.25) is 0 Å². The number of hydrogen-bond donors (Lipinski definition) is 1. The minimum Gasteiger partial charge on any atom is -0.385 e. The molecule has 1 saturated carbocycles. The molecule has 150 valence electrons. The van der Waals surface area contributed by atoms with E-state index >= 15 is 0 Å². The largest absolute Gasteiger partial charge is 0.385 e. The maximum Gasteiger partial charge on any atom is 0.161 e. The van der Waals surface area contributed by atoms with Crippen molar-refractivity contribution in [2.45, 2.75) is 44.2 Å². The maximum atomic E-state index is 10.3. The molecule has 6 heteroatoms. The van der Waals surface area contributed by atoms with Crippen LogP contribution in [-0.4, -0.2) is 29.6 Å². The fourth-order valence-corrected chi connectivity index (χ4v) is 4.49. The van der Waals surface area contributed by atoms with Crippen molar-refractivity contribution in [3.05, 3.63) is 72.1 Å². The molecule has 6 rings (SSSR count). The molecule has 4 heterocycles. The number of benzene rings is 1. The molecule has 3 aromatic heterocycles. The van der Waals surface area contributed by atoms with Crippen molar-refractivity contribution in [1.29, 1.82) is 0 Å². The summed E-state index contributed by atoms with van der Waals surface area (Å²) in [6, 6.07) is 14.8. The number of aliphatic hydroxyl groups is 1. The van der Waals surface area contributed by atoms with Crippen molar-refractivity contribution in [2.75, 3.05) is 0 Å². The molecular weight excluding hydrogens is 374 g/mol. The van der Waals surface area contributed by atoms with Crippen LogP contribution in [-0.2, 0) is 6.42 Å². The van der Waals surface area contributed by atoms with Gasteiger partial charge in [0.05, 0.1) is 11.7 Å². The molecule has 6 nitrogen and oxygen atoms in total. The smallest absolute Gasteiger partial charge is 0.161 e. The van der Waals surface area contributed by atoms with Crippen molar-refractivity contribution in [2.24, 2.45) is 5.92 Å². The Kier molecular flexibility index (Phi) is 4.13. The van der Waals surface area contributed by atoms with Crippen molar-refractivity contribution in [1.82, 2.24) is 24.5 Å². The van der Waals surface area contributed by atoms with Crippen molar-refractivity contribution >= 4 is 11.2 Å². The number of aryl methyl sites for hydroxylation is 1. The lowest BCUT2D eigenvalue weighted by molar-refractivity contribution is 0.150. The van der Waals surface area contributed by atoms with E-state index in [1.54, 1.807) is 12.4 Å². The number of hydrogen-bond acceptors (Lipinski definition) is 5. The number of pyridine rings is 1. The van der Waals surface area contributed by atoms with Crippen LogP contribution in [0, 0.1) is 5.92 Å². The fourth-order valence-electron chi connectivity index (χ4n) is 4.49. The van der Waals surface area contributed by atoms with Crippen LogP contribution >= 0.6 is 0 Å². The quantitative estimate of drug-likeness (QED) is 0.545. The Morgan fingerprint density at radius 3 is 2.53 bits per heavy atom. The average molecular weight is 397 g/mol. The van der Waals surface area contributed by atoms with Crippen molar-refractivity contribution in [3.63, 3.8) is 0 Å². The number of rotatable bonds is 5. The van der Waals surface area contributed by atoms with E-state index in [2.05, 4.69) is 38.8 Å². The summed E-state index contributed by atoms with van der Waals surface area (Å²) < 4.78 is 2.28. The highest BCUT2D eigenvalue weighted by atomic mass is 16.3. The first-order valence-corrected chi connectivity index (χ1v) is 10.7. The zero-order valence-electron chi connectivity index (χ0n) is 16.6. The lowest BCUT2D eigenvalue weighted by Gasteiger charge is -2.14. The molecule has 0 spiro atoms. The molecule has 1 N–H and O–H groups in total. The van der Waals surface area contributed by atoms with E-state index in [9.17, 15) is 5.11 Å². The molecule has 1 aliphatic heterocycles. The second-order valence-electron chi connectivity index (χ2n) is 8.43. The summed E-state index contributed by atoms with van der Waals surface area (Å²) in [4.78, 5) is 18.6. The number of nitrogens with zero attached hydrogens (tertiary/aromatic N) is 5. The molecule has 0 amide bonds. The number of aliphatic hydroxyl groups excluding tert-OH is 1. The monoisotopic (exact) mass is 397 g/mol. The van der Waals surface area contributed by atoms with E-state index in [-0.39, 0.29) is 6.04 Å². The molecule has 1 unspecified atom stereocenters. The van der Waals surface area contributed by atoms with Crippen LogP contribution in [0.3, 0.4) is 0 Å². The molecular formula is C24H23N5O. The second kappa shape index (κ2) is 6.99. The Hall–Kier alpha value is -3.12. The molecule has 0 bridgehead atoms. The summed E-state index contributed by atoms with van der Waals surface area (Å²) in [6.45, 7) is 0. The maximum absolute atomic E-state index is 10.3. The Labute approximate surface area is 174 Å². The summed E-state index contributed by atoms with van der Waals surface area (Å²) in [6.07, 6.45) is 8.13. The first kappa shape index (κ1) is 17.7. The third kappa shape index (κ3) is 3.08. The molecule has 0 radical (unpaired) electrons. The first-order chi connectivity index (χ1) is 14.8. The van der Waals surface area contributed by atoms with Crippen LogP contribution in [0.15, 0.2) is 54.9 Å². The molecule has 1 aromatic carbocycles. The molecule has 4 aromatic rings. The van der Waals surface area contributed by atoms with Gasteiger partial charge in [-0.25, -0.2) is 19.9 Å². The van der Waals surface area contributed by atoms with Gasteiger partial charge in [0.1, 0.15) is 17.4 Å². The van der Waals surface area contributed by atoms with Crippen LogP contribution in [0.25, 0.3) is 22.4 Å². The highest BCUT2D eigenvalue weighted by Gasteiger charge is 2.28. The van der Waals surface area contributed by atoms with Crippen LogP contribution in [0.1, 0.15) is 55.0 Å². The minimum atomic E-state index is -0.577. The first-order valence-electron chi connectivity index (χ1n) is 10.7. The highest BCUT2D eigenvalue weighted by Crippen LogP contribution is 2.37. The van der Waals surface area contributed by atoms with Gasteiger partial charge in [0.15, 0.2) is 11.5 Å². The fraction of sp³-hybridized carbons (Fsp3) is 0.333. The normalized spacial score (nSPS) is 19.2. The summed E-state index contributed by atoms with van der Waals surface area (Å²) in [7, 11) is 0. The summed E-state index contributed by atoms with van der Waals surface area (Å²) in [5, 5.41) is 10.3. The third-order valence-electron chi connectivity index (χ3n) is 6.27. The summed E-state index contributed by atoms with van der Waals surface area (Å²) in [5.41, 5.74) is 4.80. The van der Waals surface area contributed by atoms with Gasteiger partial charge in [0.2, 0.25) is 0 Å². The molecule has 2 atom stereocenters. The van der Waals surface area contributed by atoms with E-state index in [4.69, 9.17) is 9.97 Å². The zero-order chi connectivity index (χ0) is 20.1. The van der Waals surface area contributed by atoms with Crippen LogP contribution in [0.2, 0.25) is 0 Å². The van der Waals surface area contributed by atoms with Gasteiger partial charge in [0, 0.05) is 24.4 Å². The summed E-state index contributed by atoms with van der Waals surface area (Å²) >= 11 is 0. The highest BCUT2D eigenvalue weighted by molar-refractivity contribution is 5.76. The van der Waals surface area contributed by atoms with E-state index in [1.807, 2.05) is 18.2 Å². The van der Waals surface area contributed by atoms with Gasteiger partial charge in [-0.2, -0.15) is 0 Å². The Balaban J connectivity index is 1.35. The molecule has 30 heavy (non-hydrogen) atoms. The standard InChI is InChI=1S/C24H23N5O/c30-21(12-15-6-7-15)23-25-13-17(14-26-23)18-8-9-19-24(28-18)29-20(10-11-22(29)27-19)16-4-2-1-3-5-16/h1-5,8-9,13-15,20-21,30H,6-7,10-12H2/t20-,21?/m1/s1. The molecule has 1 fully saturated rings. The lowest BCUT2D eigenvalue weighted by Crippen LogP contribution is -2.07. The number of imidazole rings is 1.